The van der Waals surface area contributed by atoms with Crippen LogP contribution < -0.4 is 0 Å². The number of carbonyl (C=O) groups excluding carboxylic acids is 1. The Hall–Kier alpha value is -0.810. The van der Waals surface area contributed by atoms with Gasteiger partial charge in [-0.1, -0.05) is 12.2 Å². The minimum atomic E-state index is 0.874. The molecule has 1 saturated carbocycles. The Kier molecular flexibility index (Phi) is 3.71. The predicted molar refractivity (Wildman–Crippen MR) is 46.0 cm³/mol. The molecule has 11 heavy (non-hydrogen) atoms. The maximum absolute atomic E-state index is 9.76. The minimum Gasteiger partial charge on any atom is -0.234 e. The first-order valence-corrected chi connectivity index (χ1v) is 4.29. The van der Waals surface area contributed by atoms with Gasteiger partial charge in [-0.2, -0.15) is 0 Å². The van der Waals surface area contributed by atoms with Gasteiger partial charge in [0.1, 0.15) is 5.94 Å². The summed E-state index contributed by atoms with van der Waals surface area (Å²) >= 11 is 0. The first kappa shape index (κ1) is 8.29. The lowest BCUT2D eigenvalue weighted by atomic mass is 10.2. The van der Waals surface area contributed by atoms with Crippen molar-refractivity contribution in [3.8, 4) is 0 Å². The standard InChI is InChI=1S/C10H14O/c11-9-5-3-1-2-4-6-10-7-8-10/h4-6,10H,1-3,7-8H2/b6-4+. The minimum absolute atomic E-state index is 0.874. The van der Waals surface area contributed by atoms with Crippen molar-refractivity contribution in [3.05, 3.63) is 18.2 Å². The third-order valence-corrected chi connectivity index (χ3v) is 1.83. The van der Waals surface area contributed by atoms with E-state index in [1.165, 1.54) is 12.8 Å². The lowest BCUT2D eigenvalue weighted by molar-refractivity contribution is 0.568. The van der Waals surface area contributed by atoms with Crippen LogP contribution in [0.2, 0.25) is 0 Å². The van der Waals surface area contributed by atoms with Crippen molar-refractivity contribution in [2.24, 2.45) is 5.92 Å². The maximum atomic E-state index is 9.76. The molecule has 1 nitrogen and oxygen atoms in total. The Labute approximate surface area is 67.8 Å². The zero-order valence-electron chi connectivity index (χ0n) is 6.75. The van der Waals surface area contributed by atoms with Gasteiger partial charge in [0.2, 0.25) is 0 Å². The summed E-state index contributed by atoms with van der Waals surface area (Å²) < 4.78 is 0. The van der Waals surface area contributed by atoms with Gasteiger partial charge in [0, 0.05) is 0 Å². The molecular weight excluding hydrogens is 136 g/mol. The summed E-state index contributed by atoms with van der Waals surface area (Å²) in [5, 5.41) is 0. The van der Waals surface area contributed by atoms with Crippen molar-refractivity contribution in [2.75, 3.05) is 0 Å². The number of allylic oxidation sites excluding steroid dienone is 3. The molecule has 0 saturated heterocycles. The van der Waals surface area contributed by atoms with E-state index in [1.54, 1.807) is 12.0 Å². The fourth-order valence-corrected chi connectivity index (χ4v) is 0.974. The zero-order chi connectivity index (χ0) is 7.94. The molecule has 0 aliphatic heterocycles. The average Bonchev–Trinajstić information content (AvgIpc) is 2.80. The second-order valence-electron chi connectivity index (χ2n) is 3.02. The fourth-order valence-electron chi connectivity index (χ4n) is 0.974. The van der Waals surface area contributed by atoms with Crippen LogP contribution in [-0.4, -0.2) is 5.94 Å². The molecule has 0 N–H and O–H groups in total. The van der Waals surface area contributed by atoms with E-state index in [0.717, 1.165) is 25.2 Å². The summed E-state index contributed by atoms with van der Waals surface area (Å²) in [6.07, 6.45) is 11.9. The van der Waals surface area contributed by atoms with Gasteiger partial charge in [-0.25, -0.2) is 4.79 Å². The summed E-state index contributed by atoms with van der Waals surface area (Å²) in [5.41, 5.74) is 0. The SMILES string of the molecule is O=C=CCCC/C=C/C1CC1. The molecule has 0 aromatic carbocycles. The second-order valence-corrected chi connectivity index (χ2v) is 3.02. The molecule has 1 fully saturated rings. The van der Waals surface area contributed by atoms with Gasteiger partial charge in [-0.3, -0.25) is 0 Å². The largest absolute Gasteiger partial charge is 0.234 e. The van der Waals surface area contributed by atoms with Crippen molar-refractivity contribution < 1.29 is 4.79 Å². The fraction of sp³-hybridized carbons (Fsp3) is 0.600. The molecule has 60 valence electrons. The van der Waals surface area contributed by atoms with Crippen LogP contribution in [0.25, 0.3) is 0 Å². The highest BCUT2D eigenvalue weighted by Crippen LogP contribution is 2.30. The lowest BCUT2D eigenvalue weighted by Gasteiger charge is -1.86. The van der Waals surface area contributed by atoms with Crippen LogP contribution >= 0.6 is 0 Å². The number of unbranched alkanes of at least 4 members (excludes halogenated alkanes) is 2. The Bertz CT molecular complexity index is 171. The molecule has 0 unspecified atom stereocenters. The first-order valence-electron chi connectivity index (χ1n) is 4.29. The van der Waals surface area contributed by atoms with Crippen LogP contribution in [0, 0.1) is 5.92 Å². The van der Waals surface area contributed by atoms with Gasteiger partial charge in [0.05, 0.1) is 0 Å². The highest BCUT2D eigenvalue weighted by atomic mass is 16.1. The number of hydrogen-bond acceptors (Lipinski definition) is 1. The molecule has 1 heteroatoms. The van der Waals surface area contributed by atoms with Gasteiger partial charge in [-0.15, -0.1) is 0 Å². The van der Waals surface area contributed by atoms with Crippen molar-refractivity contribution in [3.63, 3.8) is 0 Å². The van der Waals surface area contributed by atoms with Crippen molar-refractivity contribution in [1.82, 2.24) is 0 Å². The van der Waals surface area contributed by atoms with Gasteiger partial charge in [0.15, 0.2) is 0 Å². The molecule has 0 bridgehead atoms. The molecule has 1 rings (SSSR count). The predicted octanol–water partition coefficient (Wildman–Crippen LogP) is 2.51. The van der Waals surface area contributed by atoms with Gasteiger partial charge in [-0.05, 0) is 44.1 Å². The van der Waals surface area contributed by atoms with E-state index in [0.29, 0.717) is 0 Å². The molecule has 1 aliphatic carbocycles. The molecule has 0 aromatic rings. The third-order valence-electron chi connectivity index (χ3n) is 1.83. The van der Waals surface area contributed by atoms with Crippen molar-refractivity contribution in [1.29, 1.82) is 0 Å². The smallest absolute Gasteiger partial charge is 0.120 e. The van der Waals surface area contributed by atoms with E-state index in [-0.39, 0.29) is 0 Å². The van der Waals surface area contributed by atoms with E-state index < -0.39 is 0 Å². The molecule has 1 aliphatic rings. The molecule has 0 heterocycles. The summed E-state index contributed by atoms with van der Waals surface area (Å²) in [6, 6.07) is 0. The van der Waals surface area contributed by atoms with Crippen molar-refractivity contribution >= 4 is 5.94 Å². The maximum Gasteiger partial charge on any atom is 0.120 e. The summed E-state index contributed by atoms with van der Waals surface area (Å²) in [5.74, 6) is 2.67. The lowest BCUT2D eigenvalue weighted by Crippen LogP contribution is -1.70. The molecule has 0 spiro atoms. The Morgan fingerprint density at radius 1 is 1.36 bits per heavy atom. The van der Waals surface area contributed by atoms with Crippen LogP contribution in [0.3, 0.4) is 0 Å². The highest BCUT2D eigenvalue weighted by Gasteiger charge is 2.16. The highest BCUT2D eigenvalue weighted by molar-refractivity contribution is 5.44. The second kappa shape index (κ2) is 4.92. The normalized spacial score (nSPS) is 16.7. The van der Waals surface area contributed by atoms with Crippen molar-refractivity contribution in [2.45, 2.75) is 32.1 Å². The zero-order valence-corrected chi connectivity index (χ0v) is 6.75. The molecule has 0 radical (unpaired) electrons. The van der Waals surface area contributed by atoms with E-state index >= 15 is 0 Å². The van der Waals surface area contributed by atoms with Gasteiger partial charge < -0.3 is 0 Å². The monoisotopic (exact) mass is 150 g/mol. The Morgan fingerprint density at radius 2 is 2.18 bits per heavy atom. The number of hydrogen-bond donors (Lipinski definition) is 0. The van der Waals surface area contributed by atoms with Crippen LogP contribution in [0.1, 0.15) is 32.1 Å². The van der Waals surface area contributed by atoms with E-state index in [2.05, 4.69) is 12.2 Å². The Morgan fingerprint density at radius 3 is 2.82 bits per heavy atom. The summed E-state index contributed by atoms with van der Waals surface area (Å²) in [4.78, 5) is 9.76. The quantitative estimate of drug-likeness (QED) is 0.334. The molecule has 0 aromatic heterocycles. The Balaban J connectivity index is 1.90. The van der Waals surface area contributed by atoms with E-state index in [4.69, 9.17) is 0 Å². The summed E-state index contributed by atoms with van der Waals surface area (Å²) in [7, 11) is 0. The number of rotatable bonds is 5. The first-order chi connectivity index (χ1) is 5.43. The third kappa shape index (κ3) is 4.58. The van der Waals surface area contributed by atoms with Crippen LogP contribution in [0.5, 0.6) is 0 Å². The molecule has 0 amide bonds. The summed E-state index contributed by atoms with van der Waals surface area (Å²) in [6.45, 7) is 0. The molecule has 0 atom stereocenters. The van der Waals surface area contributed by atoms with Crippen LogP contribution in [0.4, 0.5) is 0 Å². The van der Waals surface area contributed by atoms with E-state index in [1.807, 2.05) is 0 Å². The molecular formula is C10H14O. The van der Waals surface area contributed by atoms with Gasteiger partial charge in [0.25, 0.3) is 0 Å². The topological polar surface area (TPSA) is 17.1 Å². The van der Waals surface area contributed by atoms with E-state index in [9.17, 15) is 4.79 Å². The van der Waals surface area contributed by atoms with Crippen LogP contribution in [0.15, 0.2) is 18.2 Å². The van der Waals surface area contributed by atoms with Crippen LogP contribution in [-0.2, 0) is 4.79 Å². The average molecular weight is 150 g/mol. The van der Waals surface area contributed by atoms with Gasteiger partial charge >= 0.3 is 0 Å².